The first kappa shape index (κ1) is 29.0. The first-order chi connectivity index (χ1) is 21.3. The number of aromatic nitrogens is 1. The predicted molar refractivity (Wildman–Crippen MR) is 168 cm³/mol. The van der Waals surface area contributed by atoms with Crippen molar-refractivity contribution in [2.24, 2.45) is 0 Å². The first-order valence-electron chi connectivity index (χ1n) is 15.4. The number of fused-ring (bicyclic) bond motifs is 3. The first-order valence-corrected chi connectivity index (χ1v) is 16.3. The van der Waals surface area contributed by atoms with Crippen molar-refractivity contribution in [1.29, 1.82) is 5.26 Å². The van der Waals surface area contributed by atoms with E-state index in [1.54, 1.807) is 11.3 Å². The number of halogens is 2. The Bertz CT molecular complexity index is 1640. The highest BCUT2D eigenvalue weighted by Gasteiger charge is 2.49. The van der Waals surface area contributed by atoms with Gasteiger partial charge in [-0.05, 0) is 54.9 Å². The zero-order chi connectivity index (χ0) is 30.4. The summed E-state index contributed by atoms with van der Waals surface area (Å²) in [6.45, 7) is 7.48. The summed E-state index contributed by atoms with van der Waals surface area (Å²) in [5.74, 6) is -0.491. The molecule has 2 aromatic heterocycles. The molecule has 8 nitrogen and oxygen atoms in total. The van der Waals surface area contributed by atoms with Crippen LogP contribution in [0.3, 0.4) is 0 Å². The Morgan fingerprint density at radius 3 is 2.93 bits per heavy atom. The number of benzene rings is 1. The highest BCUT2D eigenvalue weighted by molar-refractivity contribution is 7.17. The number of carbonyl (C=O) groups excluding carboxylic acids is 1. The van der Waals surface area contributed by atoms with E-state index in [0.29, 0.717) is 45.1 Å². The molecule has 0 bridgehead atoms. The van der Waals surface area contributed by atoms with Gasteiger partial charge in [0.1, 0.15) is 18.6 Å². The number of nitriles is 1. The van der Waals surface area contributed by atoms with Crippen LogP contribution in [0.5, 0.6) is 5.88 Å². The van der Waals surface area contributed by atoms with Gasteiger partial charge in [-0.15, -0.1) is 11.3 Å². The average Bonchev–Trinajstić information content (AvgIpc) is 3.73. The van der Waals surface area contributed by atoms with E-state index in [1.807, 2.05) is 6.07 Å². The van der Waals surface area contributed by atoms with Crippen molar-refractivity contribution in [3.8, 4) is 11.9 Å². The van der Waals surface area contributed by atoms with E-state index in [4.69, 9.17) is 9.72 Å². The highest BCUT2D eigenvalue weighted by atomic mass is 32.1. The van der Waals surface area contributed by atoms with Crippen LogP contribution in [0.15, 0.2) is 48.1 Å². The second-order valence-electron chi connectivity index (χ2n) is 12.4. The maximum atomic E-state index is 14.5. The van der Waals surface area contributed by atoms with Gasteiger partial charge in [-0.25, -0.2) is 8.78 Å². The van der Waals surface area contributed by atoms with Gasteiger partial charge in [-0.1, -0.05) is 12.6 Å². The fraction of sp³-hybridized carbons (Fsp3) is 0.485. The summed E-state index contributed by atoms with van der Waals surface area (Å²) in [4.78, 5) is 25.7. The average molecular weight is 619 g/mol. The largest absolute Gasteiger partial charge is 0.476 e. The smallest absolute Gasteiger partial charge is 0.282 e. The van der Waals surface area contributed by atoms with E-state index >= 15 is 0 Å². The summed E-state index contributed by atoms with van der Waals surface area (Å²) in [5.41, 5.74) is 3.15. The molecule has 44 heavy (non-hydrogen) atoms. The Kier molecular flexibility index (Phi) is 7.67. The van der Waals surface area contributed by atoms with Crippen LogP contribution < -0.4 is 14.5 Å². The lowest BCUT2D eigenvalue weighted by molar-refractivity contribution is -0.131. The predicted octanol–water partition coefficient (Wildman–Crippen LogP) is 5.23. The summed E-state index contributed by atoms with van der Waals surface area (Å²) in [7, 11) is 0. The minimum absolute atomic E-state index is 0.0785. The number of hydrogen-bond donors (Lipinski definition) is 0. The lowest BCUT2D eigenvalue weighted by atomic mass is 9.95. The third-order valence-electron chi connectivity index (χ3n) is 9.83. The Labute approximate surface area is 260 Å². The summed E-state index contributed by atoms with van der Waals surface area (Å²) in [5, 5.41) is 12.9. The van der Waals surface area contributed by atoms with Gasteiger partial charge >= 0.3 is 0 Å². The van der Waals surface area contributed by atoms with Gasteiger partial charge in [0, 0.05) is 73.1 Å². The standard InChI is InChI=1S/C33H36F2N6O2S/c1-22(34)32(42)41-14-13-39(20-25(41)6-10-36)31-26-7-12-38(28-4-2-5-29-27(28)8-15-44-29)18-23(26)16-30(37-31)43-21-33-9-3-11-40(33)19-24(35)17-33/h2,4-5,8,15-16,24-25H,1,3,6-7,9,11-14,17-21H2/t24-,25+,33?/m1/s1. The molecule has 4 aliphatic rings. The van der Waals surface area contributed by atoms with Gasteiger partial charge in [-0.2, -0.15) is 10.2 Å². The number of thiophene rings is 1. The third kappa shape index (κ3) is 5.18. The van der Waals surface area contributed by atoms with E-state index in [-0.39, 0.29) is 18.5 Å². The molecule has 0 N–H and O–H groups in total. The number of carbonyl (C=O) groups is 1. The van der Waals surface area contributed by atoms with Crippen LogP contribution in [0.1, 0.15) is 36.8 Å². The van der Waals surface area contributed by atoms with Crippen LogP contribution >= 0.6 is 11.3 Å². The van der Waals surface area contributed by atoms with E-state index < -0.39 is 23.9 Å². The maximum Gasteiger partial charge on any atom is 0.282 e. The Morgan fingerprint density at radius 2 is 2.09 bits per heavy atom. The normalized spacial score (nSPS) is 25.2. The Hall–Kier alpha value is -3.75. The molecular weight excluding hydrogens is 582 g/mol. The minimum Gasteiger partial charge on any atom is -0.476 e. The SMILES string of the molecule is C=C(F)C(=O)N1CCN(c2nc(OCC34CCCN3C[C@H](F)C4)cc3c2CCN(c2cccc4sccc24)C3)C[C@@H]1CC#N. The number of ether oxygens (including phenoxy) is 1. The number of alkyl halides is 1. The molecule has 230 valence electrons. The Balaban J connectivity index is 1.21. The molecule has 0 radical (unpaired) electrons. The van der Waals surface area contributed by atoms with Gasteiger partial charge in [-0.3, -0.25) is 9.69 Å². The third-order valence-corrected chi connectivity index (χ3v) is 10.7. The molecule has 7 rings (SSSR count). The second-order valence-corrected chi connectivity index (χ2v) is 13.4. The zero-order valence-corrected chi connectivity index (χ0v) is 25.5. The number of anilines is 2. The highest BCUT2D eigenvalue weighted by Crippen LogP contribution is 2.41. The van der Waals surface area contributed by atoms with Crippen molar-refractivity contribution in [1.82, 2.24) is 14.8 Å². The monoisotopic (exact) mass is 618 g/mol. The van der Waals surface area contributed by atoms with Crippen LogP contribution in [0, 0.1) is 11.3 Å². The summed E-state index contributed by atoms with van der Waals surface area (Å²) >= 11 is 1.73. The number of amides is 1. The fourth-order valence-corrected chi connectivity index (χ4v) is 8.54. The molecule has 6 heterocycles. The fourth-order valence-electron chi connectivity index (χ4n) is 7.73. The molecule has 3 atom stereocenters. The molecule has 0 spiro atoms. The van der Waals surface area contributed by atoms with Gasteiger partial charge in [0.15, 0.2) is 5.83 Å². The van der Waals surface area contributed by atoms with E-state index in [9.17, 15) is 18.8 Å². The summed E-state index contributed by atoms with van der Waals surface area (Å²) < 4.78 is 36.0. The summed E-state index contributed by atoms with van der Waals surface area (Å²) in [6.07, 6.45) is 2.44. The number of rotatable bonds is 7. The molecule has 3 saturated heterocycles. The molecule has 1 unspecified atom stereocenters. The van der Waals surface area contributed by atoms with Crippen molar-refractivity contribution >= 4 is 38.8 Å². The lowest BCUT2D eigenvalue weighted by Gasteiger charge is -2.42. The van der Waals surface area contributed by atoms with Crippen LogP contribution in [0.4, 0.5) is 20.3 Å². The molecule has 4 aliphatic heterocycles. The Morgan fingerprint density at radius 1 is 1.20 bits per heavy atom. The van der Waals surface area contributed by atoms with Crippen molar-refractivity contribution in [2.45, 2.75) is 56.4 Å². The lowest BCUT2D eigenvalue weighted by Crippen LogP contribution is -2.55. The number of piperazine rings is 1. The van der Waals surface area contributed by atoms with Crippen molar-refractivity contribution < 1.29 is 18.3 Å². The van der Waals surface area contributed by atoms with Crippen molar-refractivity contribution in [2.75, 3.05) is 55.7 Å². The molecule has 3 fully saturated rings. The molecule has 3 aromatic rings. The van der Waals surface area contributed by atoms with Crippen molar-refractivity contribution in [3.63, 3.8) is 0 Å². The van der Waals surface area contributed by atoms with Crippen molar-refractivity contribution in [3.05, 3.63) is 59.2 Å². The van der Waals surface area contributed by atoms with E-state index in [1.165, 1.54) is 20.7 Å². The number of hydrogen-bond acceptors (Lipinski definition) is 8. The molecule has 0 saturated carbocycles. The van der Waals surface area contributed by atoms with Gasteiger partial charge < -0.3 is 19.4 Å². The molecular formula is C33H36F2N6O2S. The van der Waals surface area contributed by atoms with E-state index in [0.717, 1.165) is 49.3 Å². The van der Waals surface area contributed by atoms with Gasteiger partial charge in [0.2, 0.25) is 5.88 Å². The number of nitrogens with zero attached hydrogens (tertiary/aromatic N) is 6. The molecule has 11 heteroatoms. The quantitative estimate of drug-likeness (QED) is 0.336. The van der Waals surface area contributed by atoms with E-state index in [2.05, 4.69) is 57.0 Å². The molecule has 1 amide bonds. The van der Waals surface area contributed by atoms with Crippen LogP contribution in [0.25, 0.3) is 10.1 Å². The van der Waals surface area contributed by atoms with Gasteiger partial charge in [0.05, 0.1) is 24.1 Å². The molecule has 0 aliphatic carbocycles. The summed E-state index contributed by atoms with van der Waals surface area (Å²) in [6, 6.07) is 12.3. The number of pyridine rings is 1. The topological polar surface area (TPSA) is 75.9 Å². The maximum absolute atomic E-state index is 14.5. The van der Waals surface area contributed by atoms with Crippen LogP contribution in [-0.2, 0) is 17.8 Å². The van der Waals surface area contributed by atoms with Crippen LogP contribution in [0.2, 0.25) is 0 Å². The molecule has 1 aromatic carbocycles. The zero-order valence-electron chi connectivity index (χ0n) is 24.7. The minimum atomic E-state index is -1.02. The second kappa shape index (κ2) is 11.6. The van der Waals surface area contributed by atoms with Gasteiger partial charge in [0.25, 0.3) is 5.91 Å². The van der Waals surface area contributed by atoms with Crippen LogP contribution in [-0.4, -0.2) is 84.3 Å².